The normalized spacial score (nSPS) is 23.6. The van der Waals surface area contributed by atoms with Gasteiger partial charge >= 0.3 is 24.1 Å². The third-order valence-electron chi connectivity index (χ3n) is 5.47. The minimum Gasteiger partial charge on any atom is -0.458 e. The monoisotopic (exact) mass is 540 g/mol. The molecule has 4 atom stereocenters. The number of carbonyl (C=O) groups excluding carboxylic acids is 4. The molecule has 1 fully saturated rings. The van der Waals surface area contributed by atoms with Gasteiger partial charge in [-0.3, -0.25) is 19.2 Å². The smallest absolute Gasteiger partial charge is 0.416 e. The molecule has 2 aromatic rings. The fourth-order valence-corrected chi connectivity index (χ4v) is 5.18. The number of hydrogen-bond donors (Lipinski definition) is 1. The molecule has 0 radical (unpaired) electrons. The molecule has 0 aromatic heterocycles. The van der Waals surface area contributed by atoms with Crippen LogP contribution in [0.2, 0.25) is 0 Å². The van der Waals surface area contributed by atoms with E-state index in [4.69, 9.17) is 14.2 Å². The summed E-state index contributed by atoms with van der Waals surface area (Å²) in [6, 6.07) is 9.24. The largest absolute Gasteiger partial charge is 0.458 e. The van der Waals surface area contributed by atoms with Crippen LogP contribution < -0.4 is 0 Å². The average molecular weight is 541 g/mol. The number of rotatable bonds is 6. The second-order valence-corrected chi connectivity index (χ2v) is 9.49. The zero-order valence-electron chi connectivity index (χ0n) is 19.9. The summed E-state index contributed by atoms with van der Waals surface area (Å²) in [4.78, 5) is 46.0. The van der Waals surface area contributed by atoms with Crippen LogP contribution in [0.5, 0.6) is 0 Å². The van der Waals surface area contributed by atoms with Crippen LogP contribution in [0.4, 0.5) is 13.2 Å². The fraction of sp³-hybridized carbons (Fsp3) is 0.360. The van der Waals surface area contributed by atoms with Gasteiger partial charge in [0.1, 0.15) is 0 Å². The predicted molar refractivity (Wildman–Crippen MR) is 124 cm³/mol. The van der Waals surface area contributed by atoms with Gasteiger partial charge in [0.25, 0.3) is 0 Å². The lowest BCUT2D eigenvalue weighted by molar-refractivity contribution is -0.197. The summed E-state index contributed by atoms with van der Waals surface area (Å²) in [5.41, 5.74) is -0.539. The van der Waals surface area contributed by atoms with Gasteiger partial charge in [-0.2, -0.15) is 13.2 Å². The number of alkyl halides is 3. The van der Waals surface area contributed by atoms with Gasteiger partial charge in [0.05, 0.1) is 5.56 Å². The Balaban J connectivity index is 1.92. The van der Waals surface area contributed by atoms with E-state index >= 15 is 0 Å². The lowest BCUT2D eigenvalue weighted by Gasteiger charge is -2.45. The molecule has 1 aliphatic heterocycles. The molecule has 1 heterocycles. The zero-order valence-corrected chi connectivity index (χ0v) is 20.7. The van der Waals surface area contributed by atoms with Crippen molar-refractivity contribution < 1.29 is 51.7 Å². The van der Waals surface area contributed by atoms with Crippen molar-refractivity contribution in [3.8, 4) is 0 Å². The second-order valence-electron chi connectivity index (χ2n) is 8.24. The van der Waals surface area contributed by atoms with E-state index < -0.39 is 58.7 Å². The molecule has 1 aliphatic rings. The molecular formula is C25H23F3O8S. The number of esters is 3. The molecule has 0 aliphatic carbocycles. The summed E-state index contributed by atoms with van der Waals surface area (Å²) >= 11 is 0.882. The van der Waals surface area contributed by atoms with E-state index in [1.165, 1.54) is 24.3 Å². The number of ether oxygens (including phenoxy) is 3. The highest BCUT2D eigenvalue weighted by Crippen LogP contribution is 2.46. The number of ketones is 1. The Morgan fingerprint density at radius 2 is 1.32 bits per heavy atom. The molecule has 3 rings (SSSR count). The van der Waals surface area contributed by atoms with Crippen LogP contribution in [0.1, 0.15) is 47.8 Å². The average Bonchev–Trinajstić information content (AvgIpc) is 2.81. The molecular weight excluding hydrogens is 517 g/mol. The van der Waals surface area contributed by atoms with Crippen LogP contribution in [-0.2, 0) is 39.7 Å². The lowest BCUT2D eigenvalue weighted by atomic mass is 9.93. The summed E-state index contributed by atoms with van der Waals surface area (Å²) in [6.07, 6.45) is -8.36. The van der Waals surface area contributed by atoms with E-state index in [2.05, 4.69) is 0 Å². The van der Waals surface area contributed by atoms with Gasteiger partial charge in [0, 0.05) is 37.7 Å². The quantitative estimate of drug-likeness (QED) is 0.333. The molecule has 0 unspecified atom stereocenters. The summed E-state index contributed by atoms with van der Waals surface area (Å²) in [5.74, 6) is -2.78. The predicted octanol–water partition coefficient (Wildman–Crippen LogP) is 3.62. The number of benzene rings is 2. The Morgan fingerprint density at radius 1 is 0.838 bits per heavy atom. The van der Waals surface area contributed by atoms with Gasteiger partial charge in [0.2, 0.25) is 0 Å². The Kier molecular flexibility index (Phi) is 8.33. The molecule has 37 heavy (non-hydrogen) atoms. The minimum absolute atomic E-state index is 0.0158. The molecule has 2 aromatic carbocycles. The van der Waals surface area contributed by atoms with Crippen LogP contribution in [0.25, 0.3) is 0 Å². The Morgan fingerprint density at radius 3 is 1.78 bits per heavy atom. The fourth-order valence-electron chi connectivity index (χ4n) is 3.86. The summed E-state index contributed by atoms with van der Waals surface area (Å²) in [7, 11) is 0. The van der Waals surface area contributed by atoms with Crippen LogP contribution >= 0.6 is 11.8 Å². The topological polar surface area (TPSA) is 116 Å². The van der Waals surface area contributed by atoms with Gasteiger partial charge in [-0.05, 0) is 17.7 Å². The van der Waals surface area contributed by atoms with Crippen LogP contribution in [0.15, 0.2) is 48.5 Å². The lowest BCUT2D eigenvalue weighted by Crippen LogP contribution is -2.58. The van der Waals surface area contributed by atoms with Crippen molar-refractivity contribution in [2.75, 3.05) is 5.75 Å². The van der Waals surface area contributed by atoms with E-state index in [-0.39, 0.29) is 22.4 Å². The van der Waals surface area contributed by atoms with Crippen molar-refractivity contribution in [1.29, 1.82) is 0 Å². The zero-order chi connectivity index (χ0) is 27.5. The SMILES string of the molecule is CC(=O)O[C@@H]1[C@@H](OC(C)=O)[C@](O)(c2ccc(C(=O)c3ccc(C(F)(F)F)cc3)cc2)SC[C@H]1OC(C)=O. The Hall–Kier alpha value is -3.38. The molecule has 0 saturated carbocycles. The maximum absolute atomic E-state index is 12.8. The van der Waals surface area contributed by atoms with Gasteiger partial charge in [0.15, 0.2) is 29.0 Å². The molecule has 8 nitrogen and oxygen atoms in total. The van der Waals surface area contributed by atoms with Crippen molar-refractivity contribution in [1.82, 2.24) is 0 Å². The maximum atomic E-state index is 12.8. The molecule has 1 saturated heterocycles. The maximum Gasteiger partial charge on any atom is 0.416 e. The highest BCUT2D eigenvalue weighted by molar-refractivity contribution is 8.00. The molecule has 198 valence electrons. The van der Waals surface area contributed by atoms with Crippen LogP contribution in [-0.4, -0.2) is 52.9 Å². The number of hydrogen-bond acceptors (Lipinski definition) is 9. The minimum atomic E-state index is -4.53. The molecule has 0 bridgehead atoms. The summed E-state index contributed by atoms with van der Waals surface area (Å²) in [6.45, 7) is 3.36. The molecule has 0 amide bonds. The van der Waals surface area contributed by atoms with E-state index in [0.29, 0.717) is 0 Å². The van der Waals surface area contributed by atoms with Crippen LogP contribution in [0, 0.1) is 0 Å². The summed E-state index contributed by atoms with van der Waals surface area (Å²) in [5, 5.41) is 11.6. The van der Waals surface area contributed by atoms with Crippen molar-refractivity contribution in [3.63, 3.8) is 0 Å². The van der Waals surface area contributed by atoms with Crippen LogP contribution in [0.3, 0.4) is 0 Å². The Labute approximate surface area is 214 Å². The highest BCUT2D eigenvalue weighted by atomic mass is 32.2. The first-order valence-electron chi connectivity index (χ1n) is 10.9. The van der Waals surface area contributed by atoms with E-state index in [9.17, 15) is 37.5 Å². The third-order valence-corrected chi connectivity index (χ3v) is 6.87. The van der Waals surface area contributed by atoms with Gasteiger partial charge in [-0.25, -0.2) is 0 Å². The molecule has 1 N–H and O–H groups in total. The number of carbonyl (C=O) groups is 4. The third kappa shape index (κ3) is 6.50. The summed E-state index contributed by atoms with van der Waals surface area (Å²) < 4.78 is 54.2. The Bertz CT molecular complexity index is 1180. The molecule has 12 heteroatoms. The molecule has 0 spiro atoms. The van der Waals surface area contributed by atoms with Crippen molar-refractivity contribution in [2.45, 2.75) is 50.2 Å². The van der Waals surface area contributed by atoms with Gasteiger partial charge in [-0.15, -0.1) is 11.8 Å². The van der Waals surface area contributed by atoms with E-state index in [0.717, 1.165) is 56.8 Å². The number of aliphatic hydroxyl groups is 1. The van der Waals surface area contributed by atoms with Crippen molar-refractivity contribution in [2.24, 2.45) is 0 Å². The standard InChI is InChI=1S/C25H23F3O8S/c1-13(29)34-20-12-37-24(33,23(36-15(3)31)22(20)35-14(2)30)18-8-4-16(5-9-18)21(32)17-6-10-19(11-7-17)25(26,27)28/h4-11,20,22-23,33H,12H2,1-3H3/t20-,22+,23-,24+/m1/s1. The number of halogens is 3. The second kappa shape index (κ2) is 10.9. The van der Waals surface area contributed by atoms with Gasteiger partial charge in [-0.1, -0.05) is 36.4 Å². The van der Waals surface area contributed by atoms with Crippen molar-refractivity contribution >= 4 is 35.5 Å². The van der Waals surface area contributed by atoms with Crippen molar-refractivity contribution in [3.05, 3.63) is 70.8 Å². The van der Waals surface area contributed by atoms with E-state index in [1.807, 2.05) is 0 Å². The highest BCUT2D eigenvalue weighted by Gasteiger charge is 2.55. The first kappa shape index (κ1) is 28.2. The number of thioether (sulfide) groups is 1. The van der Waals surface area contributed by atoms with Gasteiger partial charge < -0.3 is 19.3 Å². The van der Waals surface area contributed by atoms with E-state index in [1.54, 1.807) is 0 Å². The first-order valence-corrected chi connectivity index (χ1v) is 11.9. The first-order chi connectivity index (χ1) is 17.2.